The second kappa shape index (κ2) is 8.91. The summed E-state index contributed by atoms with van der Waals surface area (Å²) in [4.78, 5) is 0. The molecule has 0 bridgehead atoms. The molecule has 0 unspecified atom stereocenters. The lowest BCUT2D eigenvalue weighted by molar-refractivity contribution is 0.426. The van der Waals surface area contributed by atoms with Crippen molar-refractivity contribution < 1.29 is 4.52 Å². The highest BCUT2D eigenvalue weighted by atomic mass is 16.5. The maximum Gasteiger partial charge on any atom is 0.171 e. The Kier molecular flexibility index (Phi) is 5.68. The highest BCUT2D eigenvalue weighted by molar-refractivity contribution is 5.70. The van der Waals surface area contributed by atoms with Gasteiger partial charge < -0.3 is 9.84 Å². The number of nitrogens with zero attached hydrogens (tertiary/aromatic N) is 1. The van der Waals surface area contributed by atoms with Crippen LogP contribution < -0.4 is 5.32 Å². The number of aromatic nitrogens is 1. The summed E-state index contributed by atoms with van der Waals surface area (Å²) in [5.74, 6) is 1.66. The summed E-state index contributed by atoms with van der Waals surface area (Å²) in [5, 5.41) is 7.77. The van der Waals surface area contributed by atoms with Gasteiger partial charge in [-0.05, 0) is 60.9 Å². The van der Waals surface area contributed by atoms with Crippen molar-refractivity contribution in [3.05, 3.63) is 101 Å². The first kappa shape index (κ1) is 19.8. The van der Waals surface area contributed by atoms with Gasteiger partial charge in [-0.1, -0.05) is 84.0 Å². The lowest BCUT2D eigenvalue weighted by Gasteiger charge is -2.07. The minimum atomic E-state index is 0.752. The molecule has 0 spiro atoms. The summed E-state index contributed by atoms with van der Waals surface area (Å²) in [6, 6.07) is 28.2. The van der Waals surface area contributed by atoms with Gasteiger partial charge in [-0.15, -0.1) is 0 Å². The predicted octanol–water partition coefficient (Wildman–Crippen LogP) is 6.53. The van der Waals surface area contributed by atoms with Crippen molar-refractivity contribution in [3.63, 3.8) is 0 Å². The van der Waals surface area contributed by atoms with Gasteiger partial charge in [-0.25, -0.2) is 0 Å². The molecule has 31 heavy (non-hydrogen) atoms. The van der Waals surface area contributed by atoms with Crippen LogP contribution in [0.15, 0.2) is 83.4 Å². The molecule has 0 radical (unpaired) electrons. The van der Waals surface area contributed by atoms with Gasteiger partial charge in [0.15, 0.2) is 5.76 Å². The fourth-order valence-corrected chi connectivity index (χ4v) is 4.09. The van der Waals surface area contributed by atoms with Gasteiger partial charge >= 0.3 is 0 Å². The van der Waals surface area contributed by atoms with Crippen LogP contribution in [-0.2, 0) is 13.0 Å². The molecule has 1 aliphatic rings. The predicted molar refractivity (Wildman–Crippen MR) is 126 cm³/mol. The highest BCUT2D eigenvalue weighted by Crippen LogP contribution is 2.40. The minimum Gasteiger partial charge on any atom is -0.356 e. The van der Waals surface area contributed by atoms with E-state index in [0.717, 1.165) is 48.0 Å². The van der Waals surface area contributed by atoms with Crippen molar-refractivity contribution in [1.29, 1.82) is 0 Å². The average Bonchev–Trinajstić information content (AvgIpc) is 3.61. The first-order valence-corrected chi connectivity index (χ1v) is 11.2. The van der Waals surface area contributed by atoms with E-state index in [1.54, 1.807) is 0 Å². The van der Waals surface area contributed by atoms with Crippen LogP contribution in [0.3, 0.4) is 0 Å². The first-order valence-electron chi connectivity index (χ1n) is 11.2. The zero-order valence-electron chi connectivity index (χ0n) is 18.0. The molecule has 0 amide bonds. The molecule has 1 saturated carbocycles. The number of rotatable bonds is 8. The van der Waals surface area contributed by atoms with Crippen molar-refractivity contribution in [3.8, 4) is 22.5 Å². The van der Waals surface area contributed by atoms with Crippen molar-refractivity contribution in [2.24, 2.45) is 0 Å². The Bertz CT molecular complexity index is 1120. The van der Waals surface area contributed by atoms with Crippen molar-refractivity contribution in [1.82, 2.24) is 10.5 Å². The van der Waals surface area contributed by atoms with Gasteiger partial charge in [-0.2, -0.15) is 0 Å². The van der Waals surface area contributed by atoms with Crippen LogP contribution in [0.4, 0.5) is 0 Å². The number of hydrogen-bond acceptors (Lipinski definition) is 3. The molecule has 1 aromatic heterocycles. The van der Waals surface area contributed by atoms with E-state index in [9.17, 15) is 0 Å². The molecular formula is C28H28N2O. The van der Waals surface area contributed by atoms with E-state index in [-0.39, 0.29) is 0 Å². The van der Waals surface area contributed by atoms with E-state index in [1.807, 2.05) is 6.92 Å². The van der Waals surface area contributed by atoms with Crippen LogP contribution in [0.5, 0.6) is 0 Å². The van der Waals surface area contributed by atoms with E-state index in [1.165, 1.54) is 35.1 Å². The molecule has 0 atom stereocenters. The van der Waals surface area contributed by atoms with Crippen LogP contribution >= 0.6 is 0 Å². The number of benzene rings is 3. The Hall–Kier alpha value is -3.17. The normalized spacial score (nSPS) is 13.5. The van der Waals surface area contributed by atoms with Crippen molar-refractivity contribution in [2.75, 3.05) is 6.54 Å². The largest absolute Gasteiger partial charge is 0.356 e. The van der Waals surface area contributed by atoms with Crippen molar-refractivity contribution in [2.45, 2.75) is 38.6 Å². The van der Waals surface area contributed by atoms with Crippen LogP contribution in [0, 0.1) is 6.92 Å². The third-order valence-corrected chi connectivity index (χ3v) is 6.16. The molecule has 0 saturated heterocycles. The quantitative estimate of drug-likeness (QED) is 0.337. The second-order valence-corrected chi connectivity index (χ2v) is 8.46. The number of nitrogens with one attached hydrogen (secondary N) is 1. The fraction of sp³-hybridized carbons (Fsp3) is 0.250. The Morgan fingerprint density at radius 1 is 0.839 bits per heavy atom. The summed E-state index contributed by atoms with van der Waals surface area (Å²) >= 11 is 0. The molecule has 3 aromatic carbocycles. The summed E-state index contributed by atoms with van der Waals surface area (Å²) in [5.41, 5.74) is 8.45. The molecule has 5 rings (SSSR count). The lowest BCUT2D eigenvalue weighted by Crippen LogP contribution is -2.17. The van der Waals surface area contributed by atoms with Gasteiger partial charge in [0.2, 0.25) is 0 Å². The monoisotopic (exact) mass is 408 g/mol. The van der Waals surface area contributed by atoms with Gasteiger partial charge in [0.25, 0.3) is 0 Å². The highest BCUT2D eigenvalue weighted by Gasteiger charge is 2.23. The molecule has 1 fully saturated rings. The van der Waals surface area contributed by atoms with Crippen molar-refractivity contribution >= 4 is 0 Å². The van der Waals surface area contributed by atoms with Crippen LogP contribution in [0.25, 0.3) is 22.5 Å². The van der Waals surface area contributed by atoms with Crippen LogP contribution in [0.1, 0.15) is 41.1 Å². The van der Waals surface area contributed by atoms with E-state index in [2.05, 4.69) is 89.3 Å². The standard InChI is InChI=1S/C28H28N2O/c1-20-27(19-29-18-17-21-5-3-2-4-6-21)28(31-30-20)26-15-13-25(14-16-26)24-11-9-23(10-12-24)22-7-8-22/h2-6,9-16,22,29H,7-8,17-19H2,1H3. The molecule has 1 aliphatic carbocycles. The van der Waals surface area contributed by atoms with Crippen LogP contribution in [0.2, 0.25) is 0 Å². The van der Waals surface area contributed by atoms with Crippen LogP contribution in [-0.4, -0.2) is 11.7 Å². The van der Waals surface area contributed by atoms with E-state index in [0.29, 0.717) is 0 Å². The zero-order chi connectivity index (χ0) is 21.0. The van der Waals surface area contributed by atoms with Gasteiger partial charge in [0.1, 0.15) is 0 Å². The summed E-state index contributed by atoms with van der Waals surface area (Å²) in [6.07, 6.45) is 3.69. The zero-order valence-corrected chi connectivity index (χ0v) is 18.0. The lowest BCUT2D eigenvalue weighted by atomic mass is 9.99. The average molecular weight is 409 g/mol. The topological polar surface area (TPSA) is 38.1 Å². The Labute approximate surface area is 184 Å². The molecule has 1 N–H and O–H groups in total. The third kappa shape index (κ3) is 4.62. The molecule has 4 aromatic rings. The third-order valence-electron chi connectivity index (χ3n) is 6.16. The Morgan fingerprint density at radius 2 is 1.48 bits per heavy atom. The number of hydrogen-bond donors (Lipinski definition) is 1. The molecule has 0 aliphatic heterocycles. The molecule has 156 valence electrons. The molecule has 3 heteroatoms. The number of aryl methyl sites for hydroxylation is 1. The smallest absolute Gasteiger partial charge is 0.171 e. The van der Waals surface area contributed by atoms with E-state index < -0.39 is 0 Å². The van der Waals surface area contributed by atoms with Gasteiger partial charge in [0, 0.05) is 17.7 Å². The molecule has 1 heterocycles. The SMILES string of the molecule is Cc1noc(-c2ccc(-c3ccc(C4CC4)cc3)cc2)c1CNCCc1ccccc1. The maximum absolute atomic E-state index is 5.70. The summed E-state index contributed by atoms with van der Waals surface area (Å²) in [6.45, 7) is 3.68. The Balaban J connectivity index is 1.25. The molecule has 3 nitrogen and oxygen atoms in total. The second-order valence-electron chi connectivity index (χ2n) is 8.46. The summed E-state index contributed by atoms with van der Waals surface area (Å²) < 4.78 is 5.70. The first-order chi connectivity index (χ1) is 15.3. The summed E-state index contributed by atoms with van der Waals surface area (Å²) in [7, 11) is 0. The Morgan fingerprint density at radius 3 is 2.16 bits per heavy atom. The van der Waals surface area contributed by atoms with Gasteiger partial charge in [-0.3, -0.25) is 0 Å². The van der Waals surface area contributed by atoms with E-state index >= 15 is 0 Å². The fourth-order valence-electron chi connectivity index (χ4n) is 4.09. The maximum atomic E-state index is 5.70. The van der Waals surface area contributed by atoms with E-state index in [4.69, 9.17) is 4.52 Å². The molecular weight excluding hydrogens is 380 g/mol. The minimum absolute atomic E-state index is 0.752. The van der Waals surface area contributed by atoms with Gasteiger partial charge in [0.05, 0.1) is 5.69 Å².